The molecule has 0 amide bonds. The van der Waals surface area contributed by atoms with Gasteiger partial charge in [-0.2, -0.15) is 0 Å². The third kappa shape index (κ3) is 3.71. The topological polar surface area (TPSA) is 83.5 Å². The highest BCUT2D eigenvalue weighted by molar-refractivity contribution is 5.95. The summed E-state index contributed by atoms with van der Waals surface area (Å²) in [6.07, 6.45) is 5.72. The Kier molecular flexibility index (Phi) is 3.93. The fraction of sp³-hybridized carbons (Fsp3) is 0.500. The van der Waals surface area contributed by atoms with Crippen molar-refractivity contribution in [1.82, 2.24) is 10.3 Å². The Morgan fingerprint density at radius 2 is 2.41 bits per heavy atom. The van der Waals surface area contributed by atoms with Gasteiger partial charge in [-0.25, -0.2) is 0 Å². The van der Waals surface area contributed by atoms with E-state index in [2.05, 4.69) is 15.5 Å². The number of hydrogen-bond acceptors (Lipinski definition) is 4. The number of rotatable bonds is 6. The van der Waals surface area contributed by atoms with Crippen LogP contribution in [0.4, 0.5) is 0 Å². The highest BCUT2D eigenvalue weighted by Crippen LogP contribution is 2.31. The zero-order chi connectivity index (χ0) is 12.1. The molecular formula is C12H18N4O. The third-order valence-corrected chi connectivity index (χ3v) is 2.95. The predicted molar refractivity (Wildman–Crippen MR) is 65.8 cm³/mol. The van der Waals surface area contributed by atoms with Gasteiger partial charge in [-0.1, -0.05) is 18.0 Å². The molecule has 0 aromatic carbocycles. The molecule has 5 nitrogen and oxygen atoms in total. The lowest BCUT2D eigenvalue weighted by Crippen LogP contribution is -2.18. The summed E-state index contributed by atoms with van der Waals surface area (Å²) in [5.41, 5.74) is 7.09. The molecule has 17 heavy (non-hydrogen) atoms. The van der Waals surface area contributed by atoms with Gasteiger partial charge >= 0.3 is 0 Å². The SMILES string of the molecule is NC(=NO)c1cc(CNCCC2CC2)ccn1. The standard InChI is InChI=1S/C12H18N4O/c13-12(16-17)11-7-10(4-6-15-11)8-14-5-3-9-1-2-9/h4,6-7,9,14,17H,1-3,5,8H2,(H2,13,16). The summed E-state index contributed by atoms with van der Waals surface area (Å²) in [7, 11) is 0. The van der Waals surface area contributed by atoms with Gasteiger partial charge in [-0.3, -0.25) is 4.98 Å². The number of oxime groups is 1. The molecule has 1 saturated carbocycles. The number of aromatic nitrogens is 1. The van der Waals surface area contributed by atoms with Gasteiger partial charge in [0.2, 0.25) is 0 Å². The van der Waals surface area contributed by atoms with Crippen molar-refractivity contribution in [3.05, 3.63) is 29.6 Å². The largest absolute Gasteiger partial charge is 0.409 e. The summed E-state index contributed by atoms with van der Waals surface area (Å²) in [5, 5.41) is 14.9. The molecular weight excluding hydrogens is 216 g/mol. The molecule has 0 radical (unpaired) electrons. The summed E-state index contributed by atoms with van der Waals surface area (Å²) in [6.45, 7) is 1.84. The van der Waals surface area contributed by atoms with Crippen LogP contribution in [0.15, 0.2) is 23.5 Å². The molecule has 5 heteroatoms. The van der Waals surface area contributed by atoms with Gasteiger partial charge in [0.05, 0.1) is 0 Å². The van der Waals surface area contributed by atoms with Gasteiger partial charge in [0.15, 0.2) is 5.84 Å². The van der Waals surface area contributed by atoms with Crippen molar-refractivity contribution >= 4 is 5.84 Å². The predicted octanol–water partition coefficient (Wildman–Crippen LogP) is 1.07. The van der Waals surface area contributed by atoms with Crippen molar-refractivity contribution in [2.75, 3.05) is 6.54 Å². The van der Waals surface area contributed by atoms with Gasteiger partial charge in [0.1, 0.15) is 5.69 Å². The molecule has 1 aliphatic rings. The van der Waals surface area contributed by atoms with Crippen molar-refractivity contribution in [3.63, 3.8) is 0 Å². The second kappa shape index (κ2) is 5.63. The first-order chi connectivity index (χ1) is 8.29. The molecule has 92 valence electrons. The van der Waals surface area contributed by atoms with Crippen LogP contribution in [0.25, 0.3) is 0 Å². The van der Waals surface area contributed by atoms with Gasteiger partial charge < -0.3 is 16.3 Å². The third-order valence-electron chi connectivity index (χ3n) is 2.95. The molecule has 1 aliphatic carbocycles. The Bertz CT molecular complexity index is 401. The zero-order valence-electron chi connectivity index (χ0n) is 9.76. The number of pyridine rings is 1. The fourth-order valence-electron chi connectivity index (χ4n) is 1.72. The van der Waals surface area contributed by atoms with Crippen LogP contribution in [0.3, 0.4) is 0 Å². The van der Waals surface area contributed by atoms with E-state index < -0.39 is 0 Å². The van der Waals surface area contributed by atoms with Gasteiger partial charge in [0.25, 0.3) is 0 Å². The van der Waals surface area contributed by atoms with Crippen molar-refractivity contribution in [2.45, 2.75) is 25.8 Å². The maximum atomic E-state index is 8.57. The van der Waals surface area contributed by atoms with Gasteiger partial charge in [0, 0.05) is 12.7 Å². The number of nitrogens with two attached hydrogens (primary N) is 1. The van der Waals surface area contributed by atoms with E-state index in [1.165, 1.54) is 19.3 Å². The molecule has 0 spiro atoms. The summed E-state index contributed by atoms with van der Waals surface area (Å²) in [6, 6.07) is 3.76. The molecule has 1 heterocycles. The summed E-state index contributed by atoms with van der Waals surface area (Å²) in [5.74, 6) is 0.998. The molecule has 0 saturated heterocycles. The van der Waals surface area contributed by atoms with E-state index in [4.69, 9.17) is 10.9 Å². The van der Waals surface area contributed by atoms with Crippen molar-refractivity contribution in [2.24, 2.45) is 16.8 Å². The lowest BCUT2D eigenvalue weighted by molar-refractivity contribution is 0.318. The minimum Gasteiger partial charge on any atom is -0.409 e. The second-order valence-electron chi connectivity index (χ2n) is 4.44. The number of nitrogens with zero attached hydrogens (tertiary/aromatic N) is 2. The van der Waals surface area contributed by atoms with E-state index in [0.717, 1.165) is 24.6 Å². The van der Waals surface area contributed by atoms with Crippen LogP contribution in [0, 0.1) is 5.92 Å². The normalized spacial score (nSPS) is 16.1. The maximum absolute atomic E-state index is 8.57. The minimum atomic E-state index is 0.0461. The lowest BCUT2D eigenvalue weighted by atomic mass is 10.2. The molecule has 4 N–H and O–H groups in total. The quantitative estimate of drug-likeness (QED) is 0.226. The fourth-order valence-corrected chi connectivity index (χ4v) is 1.72. The first-order valence-corrected chi connectivity index (χ1v) is 5.93. The van der Waals surface area contributed by atoms with E-state index in [1.54, 1.807) is 6.20 Å². The Morgan fingerprint density at radius 3 is 3.12 bits per heavy atom. The van der Waals surface area contributed by atoms with E-state index in [1.807, 2.05) is 12.1 Å². The van der Waals surface area contributed by atoms with Crippen LogP contribution in [0.2, 0.25) is 0 Å². The Morgan fingerprint density at radius 1 is 1.59 bits per heavy atom. The van der Waals surface area contributed by atoms with Crippen LogP contribution in [-0.2, 0) is 6.54 Å². The van der Waals surface area contributed by atoms with Gasteiger partial charge in [-0.05, 0) is 36.6 Å². The minimum absolute atomic E-state index is 0.0461. The number of nitrogens with one attached hydrogen (secondary N) is 1. The van der Waals surface area contributed by atoms with Crippen LogP contribution in [0.1, 0.15) is 30.5 Å². The van der Waals surface area contributed by atoms with Crippen LogP contribution >= 0.6 is 0 Å². The van der Waals surface area contributed by atoms with Crippen LogP contribution < -0.4 is 11.1 Å². The maximum Gasteiger partial charge on any atom is 0.188 e. The molecule has 0 unspecified atom stereocenters. The molecule has 1 aromatic rings. The molecule has 1 fully saturated rings. The van der Waals surface area contributed by atoms with Crippen molar-refractivity contribution < 1.29 is 5.21 Å². The van der Waals surface area contributed by atoms with Crippen molar-refractivity contribution in [1.29, 1.82) is 0 Å². The number of hydrogen-bond donors (Lipinski definition) is 3. The smallest absolute Gasteiger partial charge is 0.188 e. The Hall–Kier alpha value is -1.62. The Balaban J connectivity index is 1.82. The highest BCUT2D eigenvalue weighted by Gasteiger charge is 2.19. The van der Waals surface area contributed by atoms with Crippen molar-refractivity contribution in [3.8, 4) is 0 Å². The van der Waals surface area contributed by atoms with Crippen LogP contribution in [0.5, 0.6) is 0 Å². The average Bonchev–Trinajstić information content (AvgIpc) is 3.18. The summed E-state index contributed by atoms with van der Waals surface area (Å²) < 4.78 is 0. The van der Waals surface area contributed by atoms with E-state index >= 15 is 0 Å². The molecule has 0 aliphatic heterocycles. The summed E-state index contributed by atoms with van der Waals surface area (Å²) >= 11 is 0. The number of amidine groups is 1. The highest BCUT2D eigenvalue weighted by atomic mass is 16.4. The lowest BCUT2D eigenvalue weighted by Gasteiger charge is -2.05. The average molecular weight is 234 g/mol. The summed E-state index contributed by atoms with van der Waals surface area (Å²) in [4.78, 5) is 4.03. The monoisotopic (exact) mass is 234 g/mol. The van der Waals surface area contributed by atoms with E-state index in [-0.39, 0.29) is 5.84 Å². The second-order valence-corrected chi connectivity index (χ2v) is 4.44. The van der Waals surface area contributed by atoms with Crippen LogP contribution in [-0.4, -0.2) is 22.6 Å². The molecule has 0 bridgehead atoms. The van der Waals surface area contributed by atoms with E-state index in [9.17, 15) is 0 Å². The van der Waals surface area contributed by atoms with E-state index in [0.29, 0.717) is 5.69 Å². The molecule has 2 rings (SSSR count). The Labute approximate surface area is 101 Å². The zero-order valence-corrected chi connectivity index (χ0v) is 9.76. The first-order valence-electron chi connectivity index (χ1n) is 5.93. The molecule has 0 atom stereocenters. The van der Waals surface area contributed by atoms with Gasteiger partial charge in [-0.15, -0.1) is 0 Å². The molecule has 1 aromatic heterocycles. The first kappa shape index (κ1) is 11.9.